The zero-order chi connectivity index (χ0) is 13.4. The average Bonchev–Trinajstić information content (AvgIpc) is 2.33. The molecule has 0 aliphatic carbocycles. The molecule has 1 heterocycles. The van der Waals surface area contributed by atoms with Gasteiger partial charge in [0.2, 0.25) is 5.91 Å². The van der Waals surface area contributed by atoms with E-state index in [2.05, 4.69) is 0 Å². The van der Waals surface area contributed by atoms with E-state index >= 15 is 0 Å². The molecule has 1 aliphatic rings. The van der Waals surface area contributed by atoms with E-state index in [9.17, 15) is 22.4 Å². The largest absolute Gasteiger partial charge is 0.329 e. The molecule has 3 nitrogen and oxygen atoms in total. The summed E-state index contributed by atoms with van der Waals surface area (Å²) in [7, 11) is 0. The first kappa shape index (κ1) is 17.4. The van der Waals surface area contributed by atoms with Gasteiger partial charge in [0, 0.05) is 0 Å². The summed E-state index contributed by atoms with van der Waals surface area (Å²) in [5, 5.41) is 0. The second kappa shape index (κ2) is 5.61. The quantitative estimate of drug-likeness (QED) is 0.808. The minimum absolute atomic E-state index is 0. The fourth-order valence-electron chi connectivity index (χ4n) is 1.77. The average molecular weight is 293 g/mol. The summed E-state index contributed by atoms with van der Waals surface area (Å²) in [5.74, 6) is -9.08. The van der Waals surface area contributed by atoms with Crippen LogP contribution in [0.15, 0.2) is 0 Å². The van der Waals surface area contributed by atoms with E-state index in [1.807, 2.05) is 0 Å². The molecule has 1 saturated heterocycles. The Bertz CT molecular complexity index is 296. The number of nitrogens with two attached hydrogens (primary N) is 1. The van der Waals surface area contributed by atoms with E-state index in [0.717, 1.165) is 0 Å². The van der Waals surface area contributed by atoms with Crippen LogP contribution in [0.4, 0.5) is 17.6 Å². The number of halogens is 5. The van der Waals surface area contributed by atoms with E-state index < -0.39 is 36.9 Å². The van der Waals surface area contributed by atoms with Crippen molar-refractivity contribution in [3.8, 4) is 0 Å². The highest BCUT2D eigenvalue weighted by Gasteiger charge is 2.64. The highest BCUT2D eigenvalue weighted by molar-refractivity contribution is 5.85. The van der Waals surface area contributed by atoms with Gasteiger partial charge in [0.25, 0.3) is 0 Å². The van der Waals surface area contributed by atoms with Gasteiger partial charge < -0.3 is 10.6 Å². The van der Waals surface area contributed by atoms with Gasteiger partial charge in [-0.2, -0.15) is 17.6 Å². The Balaban J connectivity index is 0.00000289. The molecular formula is C10H17ClF4N2O. The molecule has 108 valence electrons. The number of amides is 1. The number of hydrogen-bond acceptors (Lipinski definition) is 2. The monoisotopic (exact) mass is 292 g/mol. The number of nitrogens with zero attached hydrogens (tertiary/aromatic N) is 1. The molecule has 1 fully saturated rings. The van der Waals surface area contributed by atoms with Crippen LogP contribution in [-0.4, -0.2) is 41.8 Å². The number of carbonyl (C=O) groups excluding carboxylic acids is 1. The lowest BCUT2D eigenvalue weighted by Crippen LogP contribution is -2.44. The number of rotatable bonds is 3. The summed E-state index contributed by atoms with van der Waals surface area (Å²) in [4.78, 5) is 12.0. The second-order valence-corrected chi connectivity index (χ2v) is 4.84. The SMILES string of the molecule is CC(C)CC(N)C(=O)N1CC(F)(F)C(F)(F)C1.Cl. The minimum atomic E-state index is -4.17. The van der Waals surface area contributed by atoms with Crippen LogP contribution < -0.4 is 5.73 Å². The zero-order valence-electron chi connectivity index (χ0n) is 10.1. The van der Waals surface area contributed by atoms with Crippen LogP contribution in [0.2, 0.25) is 0 Å². The maximum atomic E-state index is 12.9. The van der Waals surface area contributed by atoms with Crippen molar-refractivity contribution in [2.24, 2.45) is 11.7 Å². The van der Waals surface area contributed by atoms with E-state index in [0.29, 0.717) is 4.90 Å². The fraction of sp³-hybridized carbons (Fsp3) is 0.900. The molecule has 0 saturated carbocycles. The smallest absolute Gasteiger partial charge is 0.329 e. The van der Waals surface area contributed by atoms with Gasteiger partial charge in [0.15, 0.2) is 0 Å². The van der Waals surface area contributed by atoms with Crippen LogP contribution in [0, 0.1) is 5.92 Å². The Morgan fingerprint density at radius 3 is 1.94 bits per heavy atom. The molecular weight excluding hydrogens is 276 g/mol. The first-order valence-corrected chi connectivity index (χ1v) is 5.37. The molecule has 0 aromatic rings. The Morgan fingerprint density at radius 2 is 1.61 bits per heavy atom. The fourth-order valence-corrected chi connectivity index (χ4v) is 1.77. The van der Waals surface area contributed by atoms with Crippen LogP contribution in [0.25, 0.3) is 0 Å². The molecule has 1 aliphatic heterocycles. The van der Waals surface area contributed by atoms with Gasteiger partial charge in [-0.15, -0.1) is 12.4 Å². The van der Waals surface area contributed by atoms with Crippen molar-refractivity contribution in [3.05, 3.63) is 0 Å². The first-order valence-electron chi connectivity index (χ1n) is 5.37. The Labute approximate surface area is 109 Å². The number of carbonyl (C=O) groups is 1. The van der Waals surface area contributed by atoms with Crippen molar-refractivity contribution in [2.75, 3.05) is 13.1 Å². The molecule has 1 unspecified atom stereocenters. The van der Waals surface area contributed by atoms with Crippen LogP contribution in [-0.2, 0) is 4.79 Å². The molecule has 1 rings (SSSR count). The molecule has 1 atom stereocenters. The number of hydrogen-bond donors (Lipinski definition) is 1. The van der Waals surface area contributed by atoms with E-state index in [1.54, 1.807) is 13.8 Å². The lowest BCUT2D eigenvalue weighted by Gasteiger charge is -2.20. The lowest BCUT2D eigenvalue weighted by atomic mass is 10.0. The van der Waals surface area contributed by atoms with Crippen molar-refractivity contribution in [2.45, 2.75) is 38.2 Å². The third-order valence-corrected chi connectivity index (χ3v) is 2.67. The Kier molecular flexibility index (Phi) is 5.43. The minimum Gasteiger partial charge on any atom is -0.329 e. The Hall–Kier alpha value is -0.560. The summed E-state index contributed by atoms with van der Waals surface area (Å²) in [6, 6.07) is -1.00. The normalized spacial score (nSPS) is 22.8. The third kappa shape index (κ3) is 3.47. The molecule has 0 radical (unpaired) electrons. The van der Waals surface area contributed by atoms with E-state index in [-0.39, 0.29) is 24.7 Å². The predicted octanol–water partition coefficient (Wildman–Crippen LogP) is 1.89. The van der Waals surface area contributed by atoms with Gasteiger partial charge in [-0.05, 0) is 12.3 Å². The molecule has 0 aromatic heterocycles. The summed E-state index contributed by atoms with van der Waals surface area (Å²) in [6.07, 6.45) is 0.284. The van der Waals surface area contributed by atoms with Gasteiger partial charge >= 0.3 is 11.8 Å². The molecule has 0 bridgehead atoms. The van der Waals surface area contributed by atoms with Crippen molar-refractivity contribution >= 4 is 18.3 Å². The summed E-state index contributed by atoms with van der Waals surface area (Å²) in [5.41, 5.74) is 5.49. The van der Waals surface area contributed by atoms with Crippen LogP contribution in [0.1, 0.15) is 20.3 Å². The summed E-state index contributed by atoms with van der Waals surface area (Å²) in [6.45, 7) is 1.09. The summed E-state index contributed by atoms with van der Waals surface area (Å²) >= 11 is 0. The van der Waals surface area contributed by atoms with Crippen molar-refractivity contribution in [3.63, 3.8) is 0 Å². The third-order valence-electron chi connectivity index (χ3n) is 2.67. The zero-order valence-corrected chi connectivity index (χ0v) is 10.9. The van der Waals surface area contributed by atoms with Crippen molar-refractivity contribution < 1.29 is 22.4 Å². The number of likely N-dealkylation sites (tertiary alicyclic amines) is 1. The topological polar surface area (TPSA) is 46.3 Å². The maximum absolute atomic E-state index is 12.9. The van der Waals surface area contributed by atoms with Gasteiger partial charge in [0.1, 0.15) is 0 Å². The van der Waals surface area contributed by atoms with Crippen LogP contribution >= 0.6 is 12.4 Å². The van der Waals surface area contributed by atoms with Gasteiger partial charge in [-0.1, -0.05) is 13.8 Å². The molecule has 2 N–H and O–H groups in total. The van der Waals surface area contributed by atoms with Gasteiger partial charge in [0.05, 0.1) is 19.1 Å². The standard InChI is InChI=1S/C10H16F4N2O.ClH/c1-6(2)3-7(15)8(17)16-4-9(11,12)10(13,14)5-16;/h6-7H,3-5,15H2,1-2H3;1H. The maximum Gasteiger partial charge on any atom is 0.329 e. The predicted molar refractivity (Wildman–Crippen MR) is 61.2 cm³/mol. The highest BCUT2D eigenvalue weighted by Crippen LogP contribution is 2.41. The molecule has 1 amide bonds. The van der Waals surface area contributed by atoms with Gasteiger partial charge in [-0.25, -0.2) is 0 Å². The molecule has 18 heavy (non-hydrogen) atoms. The van der Waals surface area contributed by atoms with Crippen LogP contribution in [0.5, 0.6) is 0 Å². The second-order valence-electron chi connectivity index (χ2n) is 4.84. The van der Waals surface area contributed by atoms with E-state index in [1.165, 1.54) is 0 Å². The van der Waals surface area contributed by atoms with E-state index in [4.69, 9.17) is 5.73 Å². The van der Waals surface area contributed by atoms with Crippen molar-refractivity contribution in [1.82, 2.24) is 4.90 Å². The van der Waals surface area contributed by atoms with Gasteiger partial charge in [-0.3, -0.25) is 4.79 Å². The highest BCUT2D eigenvalue weighted by atomic mass is 35.5. The molecule has 8 heteroatoms. The van der Waals surface area contributed by atoms with Crippen LogP contribution in [0.3, 0.4) is 0 Å². The molecule has 0 aromatic carbocycles. The summed E-state index contributed by atoms with van der Waals surface area (Å²) < 4.78 is 51.5. The Morgan fingerprint density at radius 1 is 1.22 bits per heavy atom. The molecule has 0 spiro atoms. The van der Waals surface area contributed by atoms with Crippen molar-refractivity contribution in [1.29, 1.82) is 0 Å². The lowest BCUT2D eigenvalue weighted by molar-refractivity contribution is -0.172. The first-order chi connectivity index (χ1) is 7.57. The number of alkyl halides is 4.